The van der Waals surface area contributed by atoms with E-state index < -0.39 is 15.8 Å². The Kier molecular flexibility index (Phi) is 4.09. The number of fused-ring (bicyclic) bond motifs is 1. The summed E-state index contributed by atoms with van der Waals surface area (Å²) in [6, 6.07) is 7.61. The van der Waals surface area contributed by atoms with Crippen molar-refractivity contribution in [2.45, 2.75) is 18.1 Å². The molecule has 7 nitrogen and oxygen atoms in total. The van der Waals surface area contributed by atoms with Crippen LogP contribution < -0.4 is 4.72 Å². The third-order valence-electron chi connectivity index (χ3n) is 3.89. The second kappa shape index (κ2) is 6.43. The Hall–Kier alpha value is -2.91. The summed E-state index contributed by atoms with van der Waals surface area (Å²) < 4.78 is 46.2. The molecule has 3 aromatic rings. The third kappa shape index (κ3) is 3.26. The van der Waals surface area contributed by atoms with E-state index in [4.69, 9.17) is 4.74 Å². The molecule has 1 aliphatic rings. The Bertz CT molecular complexity index is 1090. The molecule has 0 spiro atoms. The van der Waals surface area contributed by atoms with Crippen molar-refractivity contribution in [3.05, 3.63) is 65.9 Å². The lowest BCUT2D eigenvalue weighted by molar-refractivity contribution is 0.134. The molecule has 132 valence electrons. The number of hydrogen-bond donors (Lipinski definition) is 1. The van der Waals surface area contributed by atoms with Crippen LogP contribution in [0.3, 0.4) is 0 Å². The first-order valence-corrected chi connectivity index (χ1v) is 9.16. The number of pyridine rings is 1. The molecule has 0 fully saturated rings. The number of rotatable bonds is 4. The molecule has 0 unspecified atom stereocenters. The van der Waals surface area contributed by atoms with Gasteiger partial charge in [-0.1, -0.05) is 6.07 Å². The molecule has 0 radical (unpaired) electrons. The van der Waals surface area contributed by atoms with E-state index in [9.17, 15) is 12.8 Å². The van der Waals surface area contributed by atoms with Crippen molar-refractivity contribution in [1.82, 2.24) is 15.0 Å². The maximum atomic E-state index is 13.3. The minimum atomic E-state index is -3.86. The van der Waals surface area contributed by atoms with E-state index in [-0.39, 0.29) is 10.8 Å². The molecule has 0 atom stereocenters. The molecule has 0 saturated carbocycles. The molecule has 0 saturated heterocycles. The van der Waals surface area contributed by atoms with Crippen molar-refractivity contribution in [3.63, 3.8) is 0 Å². The van der Waals surface area contributed by atoms with Gasteiger partial charge in [0.05, 0.1) is 30.0 Å². The summed E-state index contributed by atoms with van der Waals surface area (Å²) in [4.78, 5) is 11.9. The fourth-order valence-electron chi connectivity index (χ4n) is 2.62. The number of nitrogens with zero attached hydrogens (tertiary/aromatic N) is 3. The Balaban J connectivity index is 1.63. The fraction of sp³-hybridized carbons (Fsp3) is 0.118. The number of sulfonamides is 1. The quantitative estimate of drug-likeness (QED) is 0.756. The van der Waals surface area contributed by atoms with Gasteiger partial charge in [-0.2, -0.15) is 0 Å². The summed E-state index contributed by atoms with van der Waals surface area (Å²) in [5.41, 5.74) is 2.59. The van der Waals surface area contributed by atoms with Crippen LogP contribution in [0.2, 0.25) is 0 Å². The van der Waals surface area contributed by atoms with Crippen LogP contribution in [0.1, 0.15) is 11.1 Å². The maximum absolute atomic E-state index is 13.3. The van der Waals surface area contributed by atoms with Crippen molar-refractivity contribution >= 4 is 16.0 Å². The Morgan fingerprint density at radius 1 is 1.08 bits per heavy atom. The summed E-state index contributed by atoms with van der Waals surface area (Å²) in [7, 11) is -3.86. The zero-order chi connectivity index (χ0) is 18.1. The van der Waals surface area contributed by atoms with Gasteiger partial charge in [0.2, 0.25) is 5.95 Å². The molecule has 0 aliphatic carbocycles. The minimum Gasteiger partial charge on any atom is -0.372 e. The zero-order valence-electron chi connectivity index (χ0n) is 13.4. The molecule has 2 aromatic heterocycles. The second-order valence-corrected chi connectivity index (χ2v) is 7.37. The van der Waals surface area contributed by atoms with Gasteiger partial charge in [0.25, 0.3) is 10.0 Å². The van der Waals surface area contributed by atoms with Gasteiger partial charge < -0.3 is 4.74 Å². The molecule has 3 heterocycles. The van der Waals surface area contributed by atoms with E-state index in [0.717, 1.165) is 17.3 Å². The number of aromatic nitrogens is 3. The van der Waals surface area contributed by atoms with Gasteiger partial charge in [-0.15, -0.1) is 0 Å². The zero-order valence-corrected chi connectivity index (χ0v) is 14.2. The standard InChI is InChI=1S/C17H13FN4O3S/c18-14-5-12(7-19-8-14)16-3-4-20-17(21-16)22-26(23,24)15-2-1-11-9-25-10-13(11)6-15/h1-8H,9-10H2,(H,20,21,22). The topological polar surface area (TPSA) is 94.1 Å². The molecule has 26 heavy (non-hydrogen) atoms. The van der Waals surface area contributed by atoms with Crippen LogP contribution in [-0.2, 0) is 28.0 Å². The molecule has 9 heteroatoms. The van der Waals surface area contributed by atoms with E-state index in [2.05, 4.69) is 19.7 Å². The molecule has 4 rings (SSSR count). The Morgan fingerprint density at radius 3 is 2.77 bits per heavy atom. The van der Waals surface area contributed by atoms with Crippen LogP contribution in [0.15, 0.2) is 53.8 Å². The van der Waals surface area contributed by atoms with Gasteiger partial charge in [0.1, 0.15) is 5.82 Å². The number of hydrogen-bond acceptors (Lipinski definition) is 6. The van der Waals surface area contributed by atoms with E-state index >= 15 is 0 Å². The van der Waals surface area contributed by atoms with Crippen molar-refractivity contribution in [1.29, 1.82) is 0 Å². The predicted octanol–water partition coefficient (Wildman–Crippen LogP) is 2.51. The first-order valence-electron chi connectivity index (χ1n) is 7.68. The average molecular weight is 372 g/mol. The summed E-state index contributed by atoms with van der Waals surface area (Å²) in [5, 5.41) is 0. The minimum absolute atomic E-state index is 0.100. The second-order valence-electron chi connectivity index (χ2n) is 5.69. The number of nitrogens with one attached hydrogen (secondary N) is 1. The number of anilines is 1. The monoisotopic (exact) mass is 372 g/mol. The van der Waals surface area contributed by atoms with Crippen LogP contribution in [-0.4, -0.2) is 23.4 Å². The highest BCUT2D eigenvalue weighted by Gasteiger charge is 2.20. The number of ether oxygens (including phenoxy) is 1. The van der Waals surface area contributed by atoms with Gasteiger partial charge in [-0.05, 0) is 35.4 Å². The fourth-order valence-corrected chi connectivity index (χ4v) is 3.62. The lowest BCUT2D eigenvalue weighted by atomic mass is 10.1. The van der Waals surface area contributed by atoms with E-state index in [0.29, 0.717) is 24.5 Å². The van der Waals surface area contributed by atoms with Crippen LogP contribution in [0.25, 0.3) is 11.3 Å². The first kappa shape index (κ1) is 16.6. The van der Waals surface area contributed by atoms with Gasteiger partial charge >= 0.3 is 0 Å². The van der Waals surface area contributed by atoms with E-state index in [1.807, 2.05) is 0 Å². The van der Waals surface area contributed by atoms with Gasteiger partial charge in [0, 0.05) is 18.0 Å². The highest BCUT2D eigenvalue weighted by atomic mass is 32.2. The number of benzene rings is 1. The van der Waals surface area contributed by atoms with Crippen LogP contribution in [0, 0.1) is 5.82 Å². The molecule has 1 aliphatic heterocycles. The molecular formula is C17H13FN4O3S. The van der Waals surface area contributed by atoms with Gasteiger partial charge in [0.15, 0.2) is 0 Å². The average Bonchev–Trinajstić information content (AvgIpc) is 3.09. The largest absolute Gasteiger partial charge is 0.372 e. The normalized spacial score (nSPS) is 13.4. The molecule has 0 bridgehead atoms. The van der Waals surface area contributed by atoms with Crippen molar-refractivity contribution < 1.29 is 17.5 Å². The Morgan fingerprint density at radius 2 is 1.92 bits per heavy atom. The smallest absolute Gasteiger partial charge is 0.264 e. The van der Waals surface area contributed by atoms with Gasteiger partial charge in [-0.3, -0.25) is 4.98 Å². The van der Waals surface area contributed by atoms with Gasteiger partial charge in [-0.25, -0.2) is 27.5 Å². The summed E-state index contributed by atoms with van der Waals surface area (Å²) in [6.07, 6.45) is 3.90. The lowest BCUT2D eigenvalue weighted by Crippen LogP contribution is -2.15. The highest BCUT2D eigenvalue weighted by Crippen LogP contribution is 2.24. The number of halogens is 1. The summed E-state index contributed by atoms with van der Waals surface area (Å²) >= 11 is 0. The first-order chi connectivity index (χ1) is 12.5. The molecule has 1 aromatic carbocycles. The molecular weight excluding hydrogens is 359 g/mol. The molecule has 0 amide bonds. The van der Waals surface area contributed by atoms with Crippen LogP contribution in [0.4, 0.5) is 10.3 Å². The van der Waals surface area contributed by atoms with Crippen LogP contribution in [0.5, 0.6) is 0 Å². The van der Waals surface area contributed by atoms with Crippen molar-refractivity contribution in [2.24, 2.45) is 0 Å². The van der Waals surface area contributed by atoms with Crippen molar-refractivity contribution in [3.8, 4) is 11.3 Å². The molecule has 1 N–H and O–H groups in total. The summed E-state index contributed by atoms with van der Waals surface area (Å²) in [6.45, 7) is 0.868. The Labute approximate surface area is 149 Å². The van der Waals surface area contributed by atoms with E-state index in [1.54, 1.807) is 18.2 Å². The highest BCUT2D eigenvalue weighted by molar-refractivity contribution is 7.92. The SMILES string of the molecule is O=S(=O)(Nc1nccc(-c2cncc(F)c2)n1)c1ccc2c(c1)COC2. The van der Waals surface area contributed by atoms with E-state index in [1.165, 1.54) is 24.5 Å². The lowest BCUT2D eigenvalue weighted by Gasteiger charge is -2.09. The summed E-state index contributed by atoms with van der Waals surface area (Å²) in [5.74, 6) is -0.618. The maximum Gasteiger partial charge on any atom is 0.264 e. The van der Waals surface area contributed by atoms with Crippen molar-refractivity contribution in [2.75, 3.05) is 4.72 Å². The third-order valence-corrected chi connectivity index (χ3v) is 5.21. The van der Waals surface area contributed by atoms with Crippen LogP contribution >= 0.6 is 0 Å². The predicted molar refractivity (Wildman–Crippen MR) is 91.0 cm³/mol.